The van der Waals surface area contributed by atoms with Crippen LogP contribution < -0.4 is 15.0 Å². The van der Waals surface area contributed by atoms with Crippen LogP contribution in [0.2, 0.25) is 0 Å². The molecular formula is C26H24N2O3. The first-order chi connectivity index (χ1) is 15.0. The van der Waals surface area contributed by atoms with E-state index in [-0.39, 0.29) is 18.4 Å². The van der Waals surface area contributed by atoms with Crippen LogP contribution in [0.15, 0.2) is 72.8 Å². The Morgan fingerprint density at radius 2 is 1.84 bits per heavy atom. The highest BCUT2D eigenvalue weighted by atomic mass is 16.5. The first-order valence-corrected chi connectivity index (χ1v) is 10.2. The van der Waals surface area contributed by atoms with Gasteiger partial charge in [0.1, 0.15) is 5.75 Å². The number of nitrogens with zero attached hydrogens (tertiary/aromatic N) is 1. The van der Waals surface area contributed by atoms with Gasteiger partial charge in [-0.2, -0.15) is 0 Å². The zero-order chi connectivity index (χ0) is 21.8. The van der Waals surface area contributed by atoms with E-state index in [4.69, 9.17) is 4.74 Å². The predicted octanol–water partition coefficient (Wildman–Crippen LogP) is 4.88. The molecule has 3 aromatic rings. The van der Waals surface area contributed by atoms with Crippen LogP contribution in [0, 0.1) is 13.8 Å². The number of anilines is 2. The molecule has 1 aliphatic heterocycles. The van der Waals surface area contributed by atoms with Gasteiger partial charge >= 0.3 is 0 Å². The highest BCUT2D eigenvalue weighted by Gasteiger charge is 2.26. The number of rotatable bonds is 5. The Bertz CT molecular complexity index is 1150. The summed E-state index contributed by atoms with van der Waals surface area (Å²) in [5, 5.41) is 2.87. The SMILES string of the molecule is Cc1ccc(/C=C/C(=O)Nc2ccc3c(c2)N(Cc2ccccc2C)C(=O)CO3)cc1. The molecule has 4 rings (SSSR count). The average Bonchev–Trinajstić information content (AvgIpc) is 2.77. The van der Waals surface area contributed by atoms with Crippen LogP contribution in [-0.4, -0.2) is 18.4 Å². The van der Waals surface area contributed by atoms with Crippen molar-refractivity contribution < 1.29 is 14.3 Å². The zero-order valence-corrected chi connectivity index (χ0v) is 17.6. The summed E-state index contributed by atoms with van der Waals surface area (Å²) in [7, 11) is 0. The fraction of sp³-hybridized carbons (Fsp3) is 0.154. The lowest BCUT2D eigenvalue weighted by atomic mass is 10.1. The normalized spacial score (nSPS) is 13.1. The van der Waals surface area contributed by atoms with Crippen molar-refractivity contribution in [3.63, 3.8) is 0 Å². The van der Waals surface area contributed by atoms with Gasteiger partial charge in [0, 0.05) is 11.8 Å². The molecule has 0 saturated carbocycles. The number of hydrogen-bond donors (Lipinski definition) is 1. The monoisotopic (exact) mass is 412 g/mol. The summed E-state index contributed by atoms with van der Waals surface area (Å²) >= 11 is 0. The van der Waals surface area contributed by atoms with Crippen molar-refractivity contribution in [3.8, 4) is 5.75 Å². The molecule has 156 valence electrons. The Morgan fingerprint density at radius 3 is 2.61 bits per heavy atom. The molecule has 1 heterocycles. The predicted molar refractivity (Wildman–Crippen MR) is 123 cm³/mol. The summed E-state index contributed by atoms with van der Waals surface area (Å²) in [6.45, 7) is 4.50. The van der Waals surface area contributed by atoms with Crippen LogP contribution in [0.3, 0.4) is 0 Å². The van der Waals surface area contributed by atoms with E-state index in [0.29, 0.717) is 23.7 Å². The summed E-state index contributed by atoms with van der Waals surface area (Å²) < 4.78 is 5.59. The van der Waals surface area contributed by atoms with Gasteiger partial charge in [0.15, 0.2) is 6.61 Å². The molecule has 0 aromatic heterocycles. The summed E-state index contributed by atoms with van der Waals surface area (Å²) in [4.78, 5) is 26.7. The van der Waals surface area contributed by atoms with Crippen LogP contribution >= 0.6 is 0 Å². The average molecular weight is 412 g/mol. The molecule has 0 bridgehead atoms. The lowest BCUT2D eigenvalue weighted by Gasteiger charge is -2.30. The second kappa shape index (κ2) is 8.88. The van der Waals surface area contributed by atoms with E-state index in [1.54, 1.807) is 29.2 Å². The van der Waals surface area contributed by atoms with E-state index < -0.39 is 0 Å². The molecule has 3 aromatic carbocycles. The van der Waals surface area contributed by atoms with Gasteiger partial charge < -0.3 is 15.0 Å². The number of fused-ring (bicyclic) bond motifs is 1. The van der Waals surface area contributed by atoms with Crippen molar-refractivity contribution in [2.75, 3.05) is 16.8 Å². The summed E-state index contributed by atoms with van der Waals surface area (Å²) in [6.07, 6.45) is 3.27. The Balaban J connectivity index is 1.53. The van der Waals surface area contributed by atoms with E-state index in [0.717, 1.165) is 16.7 Å². The number of carbonyl (C=O) groups excluding carboxylic acids is 2. The highest BCUT2D eigenvalue weighted by molar-refractivity contribution is 6.03. The summed E-state index contributed by atoms with van der Waals surface area (Å²) in [5.74, 6) is 0.272. The van der Waals surface area contributed by atoms with Crippen LogP contribution in [0.4, 0.5) is 11.4 Å². The third-order valence-electron chi connectivity index (χ3n) is 5.26. The van der Waals surface area contributed by atoms with E-state index in [1.165, 1.54) is 11.6 Å². The summed E-state index contributed by atoms with van der Waals surface area (Å²) in [6, 6.07) is 21.2. The van der Waals surface area contributed by atoms with Gasteiger partial charge in [0.25, 0.3) is 5.91 Å². The van der Waals surface area contributed by atoms with Crippen molar-refractivity contribution in [2.24, 2.45) is 0 Å². The van der Waals surface area contributed by atoms with Crippen LogP contribution in [0.25, 0.3) is 6.08 Å². The minimum atomic E-state index is -0.242. The van der Waals surface area contributed by atoms with Crippen molar-refractivity contribution in [1.29, 1.82) is 0 Å². The van der Waals surface area contributed by atoms with Crippen LogP contribution in [0.5, 0.6) is 5.75 Å². The number of amides is 2. The van der Waals surface area contributed by atoms with Gasteiger partial charge in [-0.3, -0.25) is 9.59 Å². The Morgan fingerprint density at radius 1 is 1.06 bits per heavy atom. The maximum atomic E-state index is 12.6. The molecule has 1 aliphatic rings. The smallest absolute Gasteiger partial charge is 0.265 e. The Kier molecular flexibility index (Phi) is 5.85. The first kappa shape index (κ1) is 20.4. The second-order valence-corrected chi connectivity index (χ2v) is 7.61. The molecule has 1 N–H and O–H groups in total. The van der Waals surface area contributed by atoms with E-state index >= 15 is 0 Å². The maximum absolute atomic E-state index is 12.6. The minimum absolute atomic E-state index is 0.00384. The Hall–Kier alpha value is -3.86. The Labute approximate surface area is 182 Å². The van der Waals surface area contributed by atoms with Gasteiger partial charge in [-0.15, -0.1) is 0 Å². The molecule has 0 unspecified atom stereocenters. The van der Waals surface area contributed by atoms with Gasteiger partial charge in [0.05, 0.1) is 12.2 Å². The molecule has 0 saturated heterocycles. The van der Waals surface area contributed by atoms with Crippen molar-refractivity contribution in [2.45, 2.75) is 20.4 Å². The van der Waals surface area contributed by atoms with Gasteiger partial charge in [0.2, 0.25) is 5.91 Å². The number of ether oxygens (including phenoxy) is 1. The molecule has 5 nitrogen and oxygen atoms in total. The third kappa shape index (κ3) is 4.83. The lowest BCUT2D eigenvalue weighted by Crippen LogP contribution is -2.38. The highest BCUT2D eigenvalue weighted by Crippen LogP contribution is 2.35. The first-order valence-electron chi connectivity index (χ1n) is 10.2. The minimum Gasteiger partial charge on any atom is -0.482 e. The maximum Gasteiger partial charge on any atom is 0.265 e. The van der Waals surface area contributed by atoms with E-state index in [2.05, 4.69) is 5.32 Å². The van der Waals surface area contributed by atoms with Crippen LogP contribution in [0.1, 0.15) is 22.3 Å². The molecule has 0 spiro atoms. The number of hydrogen-bond acceptors (Lipinski definition) is 3. The van der Waals surface area contributed by atoms with Crippen LogP contribution in [-0.2, 0) is 16.1 Å². The molecule has 0 atom stereocenters. The molecule has 5 heteroatoms. The lowest BCUT2D eigenvalue weighted by molar-refractivity contribution is -0.121. The fourth-order valence-corrected chi connectivity index (χ4v) is 3.44. The fourth-order valence-electron chi connectivity index (χ4n) is 3.44. The van der Waals surface area contributed by atoms with Gasteiger partial charge in [-0.25, -0.2) is 0 Å². The second-order valence-electron chi connectivity index (χ2n) is 7.61. The summed E-state index contributed by atoms with van der Waals surface area (Å²) in [5.41, 5.74) is 5.57. The van der Waals surface area contributed by atoms with Gasteiger partial charge in [-0.1, -0.05) is 54.1 Å². The largest absolute Gasteiger partial charge is 0.482 e. The zero-order valence-electron chi connectivity index (χ0n) is 17.6. The molecule has 0 aliphatic carbocycles. The number of aryl methyl sites for hydroxylation is 2. The number of carbonyl (C=O) groups is 2. The van der Waals surface area contributed by atoms with E-state index in [9.17, 15) is 9.59 Å². The molecule has 31 heavy (non-hydrogen) atoms. The van der Waals surface area contributed by atoms with Gasteiger partial charge in [-0.05, 0) is 54.8 Å². The molecule has 0 radical (unpaired) electrons. The number of benzene rings is 3. The van der Waals surface area contributed by atoms with Crippen molar-refractivity contribution in [1.82, 2.24) is 0 Å². The van der Waals surface area contributed by atoms with Crippen molar-refractivity contribution in [3.05, 3.63) is 95.1 Å². The van der Waals surface area contributed by atoms with Crippen molar-refractivity contribution >= 4 is 29.3 Å². The quantitative estimate of drug-likeness (QED) is 0.608. The third-order valence-corrected chi connectivity index (χ3v) is 5.26. The standard InChI is InChI=1S/C26H24N2O3/c1-18-7-9-20(10-8-18)11-14-25(29)27-22-12-13-24-23(15-22)28(26(30)17-31-24)16-21-6-4-3-5-19(21)2/h3-15H,16-17H2,1-2H3,(H,27,29)/b14-11+. The molecular weight excluding hydrogens is 388 g/mol. The molecule has 0 fully saturated rings. The molecule has 2 amide bonds. The van der Waals surface area contributed by atoms with E-state index in [1.807, 2.05) is 62.4 Å². The number of nitrogens with one attached hydrogen (secondary N) is 1. The topological polar surface area (TPSA) is 58.6 Å².